The number of carbonyl (C=O) groups is 1. The van der Waals surface area contributed by atoms with Gasteiger partial charge in [0.25, 0.3) is 5.91 Å². The number of nitrogens with zero attached hydrogens (tertiary/aromatic N) is 1. The quantitative estimate of drug-likeness (QED) is 0.515. The first-order chi connectivity index (χ1) is 15.6. The monoisotopic (exact) mass is 460 g/mol. The summed E-state index contributed by atoms with van der Waals surface area (Å²) in [5.41, 5.74) is 2.22. The van der Waals surface area contributed by atoms with E-state index in [2.05, 4.69) is 4.90 Å². The number of fused-ring (bicyclic) bond motifs is 1. The highest BCUT2D eigenvalue weighted by Crippen LogP contribution is 2.33. The molecule has 2 aromatic carbocycles. The molecule has 6 nitrogen and oxygen atoms in total. The number of aryl methyl sites for hydroxylation is 1. The van der Waals surface area contributed by atoms with E-state index in [0.29, 0.717) is 30.3 Å². The Morgan fingerprint density at radius 1 is 1.15 bits per heavy atom. The molecule has 1 aromatic heterocycles. The normalized spacial score (nSPS) is 14.1. The van der Waals surface area contributed by atoms with Crippen LogP contribution in [-0.2, 0) is 13.1 Å². The number of hydrogen-bond acceptors (Lipinski definition) is 5. The largest absolute Gasteiger partial charge is 0.508 e. The third-order valence-electron chi connectivity index (χ3n) is 5.71. The van der Waals surface area contributed by atoms with E-state index in [9.17, 15) is 27.9 Å². The van der Waals surface area contributed by atoms with Gasteiger partial charge in [-0.05, 0) is 55.2 Å². The Balaban J connectivity index is 1.51. The first-order valence-corrected chi connectivity index (χ1v) is 10.5. The van der Waals surface area contributed by atoms with Gasteiger partial charge in [-0.2, -0.15) is 13.2 Å². The van der Waals surface area contributed by atoms with E-state index in [1.54, 1.807) is 31.2 Å². The fourth-order valence-electron chi connectivity index (χ4n) is 3.80. The van der Waals surface area contributed by atoms with E-state index in [4.69, 9.17) is 4.42 Å². The Morgan fingerprint density at radius 2 is 1.85 bits per heavy atom. The van der Waals surface area contributed by atoms with Crippen LogP contribution >= 0.6 is 0 Å². The molecule has 1 amide bonds. The maximum Gasteiger partial charge on any atom is 0.405 e. The van der Waals surface area contributed by atoms with E-state index >= 15 is 0 Å². The summed E-state index contributed by atoms with van der Waals surface area (Å²) in [6.07, 6.45) is -2.41. The Labute approximate surface area is 187 Å². The molecule has 9 heteroatoms. The summed E-state index contributed by atoms with van der Waals surface area (Å²) < 4.78 is 42.2. The van der Waals surface area contributed by atoms with Crippen LogP contribution in [0.25, 0.3) is 11.0 Å². The molecule has 0 aliphatic heterocycles. The minimum Gasteiger partial charge on any atom is -0.508 e. The van der Waals surface area contributed by atoms with Crippen LogP contribution in [0.2, 0.25) is 0 Å². The van der Waals surface area contributed by atoms with Crippen molar-refractivity contribution in [3.63, 3.8) is 0 Å². The van der Waals surface area contributed by atoms with Crippen LogP contribution in [0.4, 0.5) is 13.2 Å². The predicted molar refractivity (Wildman–Crippen MR) is 116 cm³/mol. The van der Waals surface area contributed by atoms with E-state index in [1.807, 2.05) is 5.32 Å². The summed E-state index contributed by atoms with van der Waals surface area (Å²) >= 11 is 0. The van der Waals surface area contributed by atoms with Crippen LogP contribution in [0.1, 0.15) is 39.9 Å². The number of carbonyl (C=O) groups excluding carboxylic acids is 1. The topological polar surface area (TPSA) is 82.8 Å². The number of benzene rings is 2. The molecule has 1 heterocycles. The number of phenolic OH excluding ortho intramolecular Hbond substituents is 1. The number of rotatable bonds is 7. The Morgan fingerprint density at radius 3 is 2.48 bits per heavy atom. The van der Waals surface area contributed by atoms with E-state index in [1.165, 1.54) is 18.2 Å². The second-order valence-electron chi connectivity index (χ2n) is 8.31. The number of phenols is 1. The minimum absolute atomic E-state index is 0.0567. The molecule has 174 valence electrons. The van der Waals surface area contributed by atoms with Gasteiger partial charge < -0.3 is 14.8 Å². The second-order valence-corrected chi connectivity index (χ2v) is 8.31. The lowest BCUT2D eigenvalue weighted by Gasteiger charge is -2.23. The third kappa shape index (κ3) is 5.54. The number of halogens is 3. The van der Waals surface area contributed by atoms with Crippen LogP contribution in [0.5, 0.6) is 5.75 Å². The molecule has 0 radical (unpaired) electrons. The molecular weight excluding hydrogens is 437 g/mol. The van der Waals surface area contributed by atoms with Crippen molar-refractivity contribution in [3.05, 3.63) is 75.1 Å². The molecular formula is C24H23F3N2O4. The van der Waals surface area contributed by atoms with Crippen LogP contribution in [0.15, 0.2) is 51.7 Å². The van der Waals surface area contributed by atoms with Crippen molar-refractivity contribution in [3.8, 4) is 5.75 Å². The van der Waals surface area contributed by atoms with Crippen molar-refractivity contribution < 1.29 is 27.5 Å². The number of aromatic hydroxyl groups is 1. The van der Waals surface area contributed by atoms with Crippen molar-refractivity contribution in [2.75, 3.05) is 6.54 Å². The average molecular weight is 460 g/mol. The summed E-state index contributed by atoms with van der Waals surface area (Å²) in [5, 5.41) is 12.6. The number of hydrogen-bond donors (Lipinski definition) is 2. The average Bonchev–Trinajstić information content (AvgIpc) is 3.60. The molecule has 4 rings (SSSR count). The zero-order chi connectivity index (χ0) is 23.8. The summed E-state index contributed by atoms with van der Waals surface area (Å²) in [6.45, 7) is 1.35. The zero-order valence-corrected chi connectivity index (χ0v) is 17.9. The SMILES string of the molecule is Cc1c(O)ccc2c(CN(Cc3ccc(C(=O)NCC(F)(F)F)cc3)C3CC3)cc(=O)oc12. The van der Waals surface area contributed by atoms with Gasteiger partial charge in [0.15, 0.2) is 0 Å². The molecule has 2 N–H and O–H groups in total. The smallest absolute Gasteiger partial charge is 0.405 e. The van der Waals surface area contributed by atoms with E-state index < -0.39 is 24.3 Å². The van der Waals surface area contributed by atoms with Gasteiger partial charge in [-0.25, -0.2) is 4.79 Å². The number of amides is 1. The van der Waals surface area contributed by atoms with Crippen LogP contribution in [0, 0.1) is 6.92 Å². The summed E-state index contributed by atoms with van der Waals surface area (Å²) in [4.78, 5) is 26.3. The van der Waals surface area contributed by atoms with Crippen molar-refractivity contribution in [2.45, 2.75) is 45.1 Å². The second kappa shape index (κ2) is 8.90. The van der Waals surface area contributed by atoms with Crippen molar-refractivity contribution >= 4 is 16.9 Å². The highest BCUT2D eigenvalue weighted by molar-refractivity contribution is 5.94. The lowest BCUT2D eigenvalue weighted by Crippen LogP contribution is -2.33. The van der Waals surface area contributed by atoms with Crippen molar-refractivity contribution in [1.82, 2.24) is 10.2 Å². The Bertz CT molecular complexity index is 1230. The lowest BCUT2D eigenvalue weighted by atomic mass is 10.1. The summed E-state index contributed by atoms with van der Waals surface area (Å²) in [6, 6.07) is 11.6. The fraction of sp³-hybridized carbons (Fsp3) is 0.333. The first-order valence-electron chi connectivity index (χ1n) is 10.5. The number of alkyl halides is 3. The number of nitrogens with one attached hydrogen (secondary N) is 1. The molecule has 1 fully saturated rings. The van der Waals surface area contributed by atoms with Gasteiger partial charge in [0.05, 0.1) is 0 Å². The summed E-state index contributed by atoms with van der Waals surface area (Å²) in [7, 11) is 0. The van der Waals surface area contributed by atoms with E-state index in [0.717, 1.165) is 29.4 Å². The van der Waals surface area contributed by atoms with Gasteiger partial charge >= 0.3 is 11.8 Å². The van der Waals surface area contributed by atoms with Gasteiger partial charge in [0.1, 0.15) is 17.9 Å². The maximum atomic E-state index is 12.3. The minimum atomic E-state index is -4.46. The summed E-state index contributed by atoms with van der Waals surface area (Å²) in [5.74, 6) is -0.722. The molecule has 0 unspecified atom stereocenters. The lowest BCUT2D eigenvalue weighted by molar-refractivity contribution is -0.123. The highest BCUT2D eigenvalue weighted by atomic mass is 19.4. The molecule has 0 atom stereocenters. The Hall–Kier alpha value is -3.33. The molecule has 0 bridgehead atoms. The van der Waals surface area contributed by atoms with E-state index in [-0.39, 0.29) is 11.3 Å². The van der Waals surface area contributed by atoms with Crippen LogP contribution < -0.4 is 10.9 Å². The standard InChI is InChI=1S/C24H23F3N2O4/c1-14-20(30)9-8-19-17(10-21(31)33-22(14)19)12-29(18-6-7-18)11-15-2-4-16(5-3-15)23(32)28-13-24(25,26)27/h2-5,8-10,18,30H,6-7,11-13H2,1H3,(H,28,32). The molecule has 1 aliphatic carbocycles. The van der Waals surface area contributed by atoms with Gasteiger partial charge in [0.2, 0.25) is 0 Å². The van der Waals surface area contributed by atoms with Crippen LogP contribution in [-0.4, -0.2) is 34.7 Å². The van der Waals surface area contributed by atoms with Crippen molar-refractivity contribution in [1.29, 1.82) is 0 Å². The fourth-order valence-corrected chi connectivity index (χ4v) is 3.80. The third-order valence-corrected chi connectivity index (χ3v) is 5.71. The first kappa shape index (κ1) is 22.8. The maximum absolute atomic E-state index is 12.3. The van der Waals surface area contributed by atoms with Gasteiger partial charge in [-0.15, -0.1) is 0 Å². The van der Waals surface area contributed by atoms with Crippen molar-refractivity contribution in [2.24, 2.45) is 0 Å². The van der Waals surface area contributed by atoms with Crippen LogP contribution in [0.3, 0.4) is 0 Å². The Kier molecular flexibility index (Phi) is 6.16. The molecule has 1 saturated carbocycles. The van der Waals surface area contributed by atoms with Gasteiger partial charge in [-0.3, -0.25) is 9.69 Å². The molecule has 0 spiro atoms. The molecule has 1 aliphatic rings. The highest BCUT2D eigenvalue weighted by Gasteiger charge is 2.30. The molecule has 0 saturated heterocycles. The molecule has 33 heavy (non-hydrogen) atoms. The molecule has 3 aromatic rings. The van der Waals surface area contributed by atoms with Gasteiger partial charge in [-0.1, -0.05) is 12.1 Å². The predicted octanol–water partition coefficient (Wildman–Crippen LogP) is 4.26. The van der Waals surface area contributed by atoms with Gasteiger partial charge in [0, 0.05) is 41.7 Å². The zero-order valence-electron chi connectivity index (χ0n) is 17.9.